The topological polar surface area (TPSA) is 42.7 Å². The van der Waals surface area contributed by atoms with Crippen molar-refractivity contribution in [1.29, 1.82) is 0 Å². The third kappa shape index (κ3) is 2.56. The molecule has 0 amide bonds. The number of hydrogen-bond donors (Lipinski definition) is 1. The van der Waals surface area contributed by atoms with Crippen LogP contribution in [-0.2, 0) is 6.54 Å². The molecule has 0 aliphatic rings. The van der Waals surface area contributed by atoms with Crippen LogP contribution in [0.25, 0.3) is 0 Å². The van der Waals surface area contributed by atoms with E-state index in [0.29, 0.717) is 6.04 Å². The van der Waals surface area contributed by atoms with Crippen molar-refractivity contribution in [2.24, 2.45) is 0 Å². The van der Waals surface area contributed by atoms with Gasteiger partial charge in [-0.3, -0.25) is 4.68 Å². The second-order valence-corrected chi connectivity index (χ2v) is 4.35. The molecule has 2 heterocycles. The van der Waals surface area contributed by atoms with Crippen LogP contribution in [0, 0.1) is 0 Å². The number of anilines is 1. The first-order chi connectivity index (χ1) is 7.25. The zero-order chi connectivity index (χ0) is 10.7. The second-order valence-electron chi connectivity index (χ2n) is 3.64. The number of aromatic nitrogens is 3. The largest absolute Gasteiger partial charge is 0.377 e. The van der Waals surface area contributed by atoms with Gasteiger partial charge in [0.25, 0.3) is 0 Å². The Balaban J connectivity index is 1.94. The van der Waals surface area contributed by atoms with Crippen molar-refractivity contribution in [3.8, 4) is 0 Å². The van der Waals surface area contributed by atoms with Crippen LogP contribution < -0.4 is 5.32 Å². The van der Waals surface area contributed by atoms with Gasteiger partial charge in [0.15, 0.2) is 0 Å². The van der Waals surface area contributed by atoms with E-state index in [0.717, 1.165) is 17.9 Å². The number of rotatable bonds is 4. The highest BCUT2D eigenvalue weighted by molar-refractivity contribution is 7.07. The van der Waals surface area contributed by atoms with E-state index in [4.69, 9.17) is 0 Å². The van der Waals surface area contributed by atoms with Gasteiger partial charge in [-0.25, -0.2) is 4.98 Å². The summed E-state index contributed by atoms with van der Waals surface area (Å²) in [5, 5.41) is 9.58. The first kappa shape index (κ1) is 10.2. The third-order valence-corrected chi connectivity index (χ3v) is 2.72. The molecule has 5 heteroatoms. The Morgan fingerprint density at radius 3 is 3.00 bits per heavy atom. The zero-order valence-corrected chi connectivity index (χ0v) is 9.66. The van der Waals surface area contributed by atoms with E-state index in [1.165, 1.54) is 0 Å². The Morgan fingerprint density at radius 1 is 1.53 bits per heavy atom. The van der Waals surface area contributed by atoms with Gasteiger partial charge in [0, 0.05) is 17.6 Å². The van der Waals surface area contributed by atoms with E-state index < -0.39 is 0 Å². The van der Waals surface area contributed by atoms with Crippen LogP contribution >= 0.6 is 11.3 Å². The van der Waals surface area contributed by atoms with Crippen LogP contribution in [0.4, 0.5) is 5.69 Å². The van der Waals surface area contributed by atoms with Gasteiger partial charge in [-0.05, 0) is 13.8 Å². The summed E-state index contributed by atoms with van der Waals surface area (Å²) in [5.74, 6) is 0. The SMILES string of the molecule is CC(C)n1cc(NCc2cscn2)cn1. The third-order valence-electron chi connectivity index (χ3n) is 2.09. The molecule has 0 radical (unpaired) electrons. The van der Waals surface area contributed by atoms with Crippen LogP contribution in [0.2, 0.25) is 0 Å². The normalized spacial score (nSPS) is 10.9. The standard InChI is InChI=1S/C10H14N4S/c1-8(2)14-5-9(4-13-14)11-3-10-6-15-7-12-10/h4-8,11H,3H2,1-2H3. The molecule has 0 bridgehead atoms. The monoisotopic (exact) mass is 222 g/mol. The highest BCUT2D eigenvalue weighted by Gasteiger charge is 2.01. The number of nitrogens with zero attached hydrogens (tertiary/aromatic N) is 3. The Labute approximate surface area is 93.0 Å². The van der Waals surface area contributed by atoms with Crippen molar-refractivity contribution >= 4 is 17.0 Å². The molecule has 0 atom stereocenters. The maximum absolute atomic E-state index is 4.25. The average Bonchev–Trinajstić information content (AvgIpc) is 2.86. The van der Waals surface area contributed by atoms with Gasteiger partial charge >= 0.3 is 0 Å². The summed E-state index contributed by atoms with van der Waals surface area (Å²) in [4.78, 5) is 4.20. The number of nitrogens with one attached hydrogen (secondary N) is 1. The van der Waals surface area contributed by atoms with Crippen molar-refractivity contribution in [3.05, 3.63) is 29.0 Å². The molecule has 0 aliphatic heterocycles. The fraction of sp³-hybridized carbons (Fsp3) is 0.400. The lowest BCUT2D eigenvalue weighted by atomic mass is 10.4. The molecule has 0 saturated carbocycles. The van der Waals surface area contributed by atoms with Crippen molar-refractivity contribution in [1.82, 2.24) is 14.8 Å². The maximum Gasteiger partial charge on any atom is 0.0795 e. The van der Waals surface area contributed by atoms with Crippen LogP contribution in [-0.4, -0.2) is 14.8 Å². The van der Waals surface area contributed by atoms with E-state index in [1.54, 1.807) is 11.3 Å². The maximum atomic E-state index is 4.25. The number of hydrogen-bond acceptors (Lipinski definition) is 4. The molecule has 0 aliphatic carbocycles. The van der Waals surface area contributed by atoms with E-state index >= 15 is 0 Å². The van der Waals surface area contributed by atoms with Gasteiger partial charge in [-0.2, -0.15) is 5.10 Å². The fourth-order valence-electron chi connectivity index (χ4n) is 1.23. The summed E-state index contributed by atoms with van der Waals surface area (Å²) in [7, 11) is 0. The highest BCUT2D eigenvalue weighted by Crippen LogP contribution is 2.11. The predicted octanol–water partition coefficient (Wildman–Crippen LogP) is 2.53. The van der Waals surface area contributed by atoms with Gasteiger partial charge in [-0.15, -0.1) is 11.3 Å². The number of thiazole rings is 1. The molecule has 2 aromatic heterocycles. The average molecular weight is 222 g/mol. The van der Waals surface area contributed by atoms with Crippen molar-refractivity contribution in [3.63, 3.8) is 0 Å². The molecule has 0 spiro atoms. The molecule has 2 aromatic rings. The molecule has 0 aromatic carbocycles. The van der Waals surface area contributed by atoms with Crippen molar-refractivity contribution in [2.75, 3.05) is 5.32 Å². The Hall–Kier alpha value is -1.36. The minimum absolute atomic E-state index is 0.403. The predicted molar refractivity (Wildman–Crippen MR) is 62.1 cm³/mol. The first-order valence-corrected chi connectivity index (χ1v) is 5.85. The van der Waals surface area contributed by atoms with Crippen molar-refractivity contribution in [2.45, 2.75) is 26.4 Å². The lowest BCUT2D eigenvalue weighted by Gasteiger charge is -2.03. The van der Waals surface area contributed by atoms with Crippen molar-refractivity contribution < 1.29 is 0 Å². The lowest BCUT2D eigenvalue weighted by molar-refractivity contribution is 0.532. The van der Waals surface area contributed by atoms with E-state index in [2.05, 4.69) is 29.2 Å². The fourth-order valence-corrected chi connectivity index (χ4v) is 1.79. The molecule has 15 heavy (non-hydrogen) atoms. The summed E-state index contributed by atoms with van der Waals surface area (Å²) in [6.07, 6.45) is 3.85. The summed E-state index contributed by atoms with van der Waals surface area (Å²) < 4.78 is 1.93. The molecule has 2 rings (SSSR count). The smallest absolute Gasteiger partial charge is 0.0795 e. The Bertz CT molecular complexity index is 405. The highest BCUT2D eigenvalue weighted by atomic mass is 32.1. The minimum atomic E-state index is 0.403. The van der Waals surface area contributed by atoms with Gasteiger partial charge < -0.3 is 5.32 Å². The van der Waals surface area contributed by atoms with Crippen LogP contribution in [0.3, 0.4) is 0 Å². The summed E-state index contributed by atoms with van der Waals surface area (Å²) >= 11 is 1.61. The van der Waals surface area contributed by atoms with Gasteiger partial charge in [-0.1, -0.05) is 0 Å². The summed E-state index contributed by atoms with van der Waals surface area (Å²) in [6.45, 7) is 4.97. The van der Waals surface area contributed by atoms with Gasteiger partial charge in [0.1, 0.15) is 0 Å². The summed E-state index contributed by atoms with van der Waals surface area (Å²) in [5.41, 5.74) is 3.95. The molecule has 1 N–H and O–H groups in total. The second kappa shape index (κ2) is 4.44. The Morgan fingerprint density at radius 2 is 2.40 bits per heavy atom. The first-order valence-electron chi connectivity index (χ1n) is 4.91. The molecule has 4 nitrogen and oxygen atoms in total. The molecule has 0 saturated heterocycles. The van der Waals surface area contributed by atoms with E-state index in [1.807, 2.05) is 28.0 Å². The molecular formula is C10H14N4S. The van der Waals surface area contributed by atoms with Gasteiger partial charge in [0.2, 0.25) is 0 Å². The Kier molecular flexibility index (Phi) is 3.01. The lowest BCUT2D eigenvalue weighted by Crippen LogP contribution is -2.01. The van der Waals surface area contributed by atoms with E-state index in [-0.39, 0.29) is 0 Å². The van der Waals surface area contributed by atoms with E-state index in [9.17, 15) is 0 Å². The molecule has 80 valence electrons. The zero-order valence-electron chi connectivity index (χ0n) is 8.84. The van der Waals surface area contributed by atoms with Crippen LogP contribution in [0.5, 0.6) is 0 Å². The molecular weight excluding hydrogens is 208 g/mol. The van der Waals surface area contributed by atoms with Gasteiger partial charge in [0.05, 0.1) is 29.6 Å². The minimum Gasteiger partial charge on any atom is -0.377 e. The van der Waals surface area contributed by atoms with Crippen LogP contribution in [0.1, 0.15) is 25.6 Å². The molecule has 0 fully saturated rings. The van der Waals surface area contributed by atoms with Crippen LogP contribution in [0.15, 0.2) is 23.3 Å². The molecule has 0 unspecified atom stereocenters. The quantitative estimate of drug-likeness (QED) is 0.864. The summed E-state index contributed by atoms with van der Waals surface area (Å²) in [6, 6.07) is 0.403.